The Labute approximate surface area is 96.6 Å². The first-order valence-corrected chi connectivity index (χ1v) is 5.74. The summed E-state index contributed by atoms with van der Waals surface area (Å²) < 4.78 is 0. The van der Waals surface area contributed by atoms with Crippen LogP contribution in [0.5, 0.6) is 0 Å². The quantitative estimate of drug-likeness (QED) is 0.419. The van der Waals surface area contributed by atoms with Crippen LogP contribution < -0.4 is 16.8 Å². The highest BCUT2D eigenvalue weighted by atomic mass is 16.2. The van der Waals surface area contributed by atoms with Crippen LogP contribution in [-0.4, -0.2) is 18.3 Å². The Morgan fingerprint density at radius 1 is 1.06 bits per heavy atom. The molecule has 0 bridgehead atoms. The van der Waals surface area contributed by atoms with E-state index in [2.05, 4.69) is 5.32 Å². The van der Waals surface area contributed by atoms with Crippen molar-refractivity contribution in [2.45, 2.75) is 25.7 Å². The summed E-state index contributed by atoms with van der Waals surface area (Å²) in [5.74, 6) is 0. The van der Waals surface area contributed by atoms with Gasteiger partial charge in [-0.2, -0.15) is 0 Å². The molecule has 0 aliphatic carbocycles. The average Bonchev–Trinajstić information content (AvgIpc) is 2.26. The molecule has 1 rings (SSSR count). The highest BCUT2D eigenvalue weighted by molar-refractivity contribution is 5.70. The van der Waals surface area contributed by atoms with Crippen molar-refractivity contribution < 1.29 is 5.11 Å². The van der Waals surface area contributed by atoms with Gasteiger partial charge < -0.3 is 21.9 Å². The minimum absolute atomic E-state index is 0.290. The fourth-order valence-corrected chi connectivity index (χ4v) is 1.56. The number of nitrogen functional groups attached to an aromatic ring is 2. The van der Waals surface area contributed by atoms with Crippen molar-refractivity contribution in [1.82, 2.24) is 0 Å². The van der Waals surface area contributed by atoms with E-state index in [1.165, 1.54) is 0 Å². The van der Waals surface area contributed by atoms with Crippen LogP contribution in [0.4, 0.5) is 17.1 Å². The summed E-state index contributed by atoms with van der Waals surface area (Å²) in [4.78, 5) is 0. The molecule has 0 aliphatic rings. The smallest absolute Gasteiger partial charge is 0.0575 e. The first-order chi connectivity index (χ1) is 7.74. The second kappa shape index (κ2) is 6.95. The van der Waals surface area contributed by atoms with Crippen molar-refractivity contribution in [3.63, 3.8) is 0 Å². The number of hydrogen-bond acceptors (Lipinski definition) is 4. The lowest BCUT2D eigenvalue weighted by Crippen LogP contribution is -2.04. The third-order valence-corrected chi connectivity index (χ3v) is 2.48. The molecule has 1 aromatic rings. The summed E-state index contributed by atoms with van der Waals surface area (Å²) in [6.45, 7) is 1.19. The predicted octanol–water partition coefficient (Wildman–Crippen LogP) is 1.82. The maximum atomic E-state index is 8.62. The minimum Gasteiger partial charge on any atom is -0.399 e. The standard InChI is InChI=1S/C12H21N3O/c13-10-5-6-12(11(14)9-10)15-7-3-1-2-4-8-16/h5-6,9,15-16H,1-4,7-8,13-14H2. The number of benzene rings is 1. The Morgan fingerprint density at radius 2 is 1.81 bits per heavy atom. The van der Waals surface area contributed by atoms with Crippen LogP contribution in [0.25, 0.3) is 0 Å². The molecule has 6 N–H and O–H groups in total. The van der Waals surface area contributed by atoms with Gasteiger partial charge in [0.1, 0.15) is 0 Å². The van der Waals surface area contributed by atoms with Crippen LogP contribution in [0.15, 0.2) is 18.2 Å². The zero-order valence-corrected chi connectivity index (χ0v) is 9.58. The molecule has 0 aliphatic heterocycles. The van der Waals surface area contributed by atoms with Crippen molar-refractivity contribution in [3.05, 3.63) is 18.2 Å². The number of rotatable bonds is 7. The van der Waals surface area contributed by atoms with Crippen molar-refractivity contribution in [3.8, 4) is 0 Å². The van der Waals surface area contributed by atoms with Crippen LogP contribution >= 0.6 is 0 Å². The molecular formula is C12H21N3O. The van der Waals surface area contributed by atoms with Gasteiger partial charge in [0.05, 0.1) is 11.4 Å². The summed E-state index contributed by atoms with van der Waals surface area (Å²) >= 11 is 0. The van der Waals surface area contributed by atoms with Gasteiger partial charge in [0.2, 0.25) is 0 Å². The number of aliphatic hydroxyl groups is 1. The Morgan fingerprint density at radius 3 is 2.50 bits per heavy atom. The molecule has 0 radical (unpaired) electrons. The van der Waals surface area contributed by atoms with Crippen molar-refractivity contribution in [2.24, 2.45) is 0 Å². The van der Waals surface area contributed by atoms with Crippen molar-refractivity contribution in [2.75, 3.05) is 29.9 Å². The first kappa shape index (κ1) is 12.6. The van der Waals surface area contributed by atoms with Gasteiger partial charge in [-0.25, -0.2) is 0 Å². The third kappa shape index (κ3) is 4.40. The third-order valence-electron chi connectivity index (χ3n) is 2.48. The Bertz CT molecular complexity index is 315. The summed E-state index contributed by atoms with van der Waals surface area (Å²) in [6, 6.07) is 5.50. The normalized spacial score (nSPS) is 10.3. The molecule has 0 saturated carbocycles. The fraction of sp³-hybridized carbons (Fsp3) is 0.500. The Hall–Kier alpha value is -1.42. The maximum Gasteiger partial charge on any atom is 0.0575 e. The zero-order valence-electron chi connectivity index (χ0n) is 9.58. The van der Waals surface area contributed by atoms with Gasteiger partial charge in [0, 0.05) is 18.8 Å². The molecular weight excluding hydrogens is 202 g/mol. The van der Waals surface area contributed by atoms with Gasteiger partial charge >= 0.3 is 0 Å². The second-order valence-electron chi connectivity index (χ2n) is 3.91. The number of nitrogens with two attached hydrogens (primary N) is 2. The summed E-state index contributed by atoms with van der Waals surface area (Å²) in [6.07, 6.45) is 4.19. The van der Waals surface area contributed by atoms with Crippen LogP contribution in [0.2, 0.25) is 0 Å². The molecule has 0 amide bonds. The van der Waals surface area contributed by atoms with Crippen molar-refractivity contribution in [1.29, 1.82) is 0 Å². The van der Waals surface area contributed by atoms with Gasteiger partial charge in [-0.15, -0.1) is 0 Å². The van der Waals surface area contributed by atoms with Crippen LogP contribution in [0.3, 0.4) is 0 Å². The van der Waals surface area contributed by atoms with Gasteiger partial charge in [-0.1, -0.05) is 12.8 Å². The molecule has 0 spiro atoms. The van der Waals surface area contributed by atoms with E-state index in [1.807, 2.05) is 12.1 Å². The van der Waals surface area contributed by atoms with Gasteiger partial charge in [0.25, 0.3) is 0 Å². The van der Waals surface area contributed by atoms with Gasteiger partial charge in [0.15, 0.2) is 0 Å². The topological polar surface area (TPSA) is 84.3 Å². The van der Waals surface area contributed by atoms with Crippen LogP contribution in [0.1, 0.15) is 25.7 Å². The zero-order chi connectivity index (χ0) is 11.8. The van der Waals surface area contributed by atoms with E-state index >= 15 is 0 Å². The molecule has 0 atom stereocenters. The fourth-order valence-electron chi connectivity index (χ4n) is 1.56. The number of hydrogen-bond donors (Lipinski definition) is 4. The lowest BCUT2D eigenvalue weighted by molar-refractivity contribution is 0.283. The Kier molecular flexibility index (Phi) is 5.50. The number of aliphatic hydroxyl groups excluding tert-OH is 1. The minimum atomic E-state index is 0.290. The highest BCUT2D eigenvalue weighted by Crippen LogP contribution is 2.20. The van der Waals surface area contributed by atoms with E-state index in [0.29, 0.717) is 18.0 Å². The van der Waals surface area contributed by atoms with Gasteiger partial charge in [-0.3, -0.25) is 0 Å². The molecule has 16 heavy (non-hydrogen) atoms. The molecule has 0 aromatic heterocycles. The monoisotopic (exact) mass is 223 g/mol. The number of anilines is 3. The summed E-state index contributed by atoms with van der Waals surface area (Å²) in [5, 5.41) is 11.9. The second-order valence-corrected chi connectivity index (χ2v) is 3.91. The number of nitrogens with one attached hydrogen (secondary N) is 1. The van der Waals surface area contributed by atoms with Gasteiger partial charge in [-0.05, 0) is 31.0 Å². The van der Waals surface area contributed by atoms with Crippen molar-refractivity contribution >= 4 is 17.1 Å². The highest BCUT2D eigenvalue weighted by Gasteiger charge is 1.98. The van der Waals surface area contributed by atoms with E-state index in [9.17, 15) is 0 Å². The predicted molar refractivity (Wildman–Crippen MR) is 69.3 cm³/mol. The van der Waals surface area contributed by atoms with E-state index in [0.717, 1.165) is 37.9 Å². The van der Waals surface area contributed by atoms with E-state index in [4.69, 9.17) is 16.6 Å². The molecule has 90 valence electrons. The van der Waals surface area contributed by atoms with E-state index < -0.39 is 0 Å². The Balaban J connectivity index is 2.21. The first-order valence-electron chi connectivity index (χ1n) is 5.74. The number of unbranched alkanes of at least 4 members (excludes halogenated alkanes) is 3. The van der Waals surface area contributed by atoms with E-state index in [-0.39, 0.29) is 0 Å². The summed E-state index contributed by atoms with van der Waals surface area (Å²) in [5.41, 5.74) is 13.7. The molecule has 0 saturated heterocycles. The van der Waals surface area contributed by atoms with Crippen LogP contribution in [0, 0.1) is 0 Å². The molecule has 0 fully saturated rings. The summed E-state index contributed by atoms with van der Waals surface area (Å²) in [7, 11) is 0. The maximum absolute atomic E-state index is 8.62. The largest absolute Gasteiger partial charge is 0.399 e. The molecule has 4 nitrogen and oxygen atoms in total. The lowest BCUT2D eigenvalue weighted by atomic mass is 10.2. The lowest BCUT2D eigenvalue weighted by Gasteiger charge is -2.09. The van der Waals surface area contributed by atoms with E-state index in [1.54, 1.807) is 6.07 Å². The molecule has 0 heterocycles. The molecule has 1 aromatic carbocycles. The van der Waals surface area contributed by atoms with Crippen LogP contribution in [-0.2, 0) is 0 Å². The average molecular weight is 223 g/mol. The SMILES string of the molecule is Nc1ccc(NCCCCCCO)c(N)c1. The molecule has 0 unspecified atom stereocenters. The molecule has 4 heteroatoms.